The Bertz CT molecular complexity index is 1230. The number of hydrogen-bond acceptors (Lipinski definition) is 5. The molecule has 2 bridgehead atoms. The summed E-state index contributed by atoms with van der Waals surface area (Å²) in [5.74, 6) is 0.907. The highest BCUT2D eigenvalue weighted by Gasteiger charge is 2.12. The molecule has 2 heterocycles. The quantitative estimate of drug-likeness (QED) is 0.374. The third kappa shape index (κ3) is 6.78. The van der Waals surface area contributed by atoms with Gasteiger partial charge in [0.1, 0.15) is 18.7 Å². The van der Waals surface area contributed by atoms with E-state index >= 15 is 0 Å². The Morgan fingerprint density at radius 3 is 2.53 bits per heavy atom. The van der Waals surface area contributed by atoms with Crippen LogP contribution in [0.3, 0.4) is 0 Å². The Labute approximate surface area is 213 Å². The van der Waals surface area contributed by atoms with Crippen LogP contribution >= 0.6 is 0 Å². The summed E-state index contributed by atoms with van der Waals surface area (Å²) in [6, 6.07) is 26.0. The molecule has 0 saturated heterocycles. The maximum absolute atomic E-state index is 6.17. The summed E-state index contributed by atoms with van der Waals surface area (Å²) in [6.07, 6.45) is 8.28. The van der Waals surface area contributed by atoms with Gasteiger partial charge in [0, 0.05) is 37.5 Å². The molecule has 4 aromatic rings. The van der Waals surface area contributed by atoms with E-state index < -0.39 is 0 Å². The third-order valence-corrected chi connectivity index (χ3v) is 6.57. The predicted molar refractivity (Wildman–Crippen MR) is 143 cm³/mol. The number of nitrogens with zero attached hydrogens (tertiary/aromatic N) is 3. The lowest BCUT2D eigenvalue weighted by atomic mass is 9.98. The van der Waals surface area contributed by atoms with E-state index in [0.29, 0.717) is 19.8 Å². The fourth-order valence-corrected chi connectivity index (χ4v) is 4.73. The van der Waals surface area contributed by atoms with Crippen LogP contribution in [0.15, 0.2) is 91.5 Å². The molecule has 5 heteroatoms. The first-order valence-electron chi connectivity index (χ1n) is 12.8. The number of aromatic nitrogens is 2. The molecule has 0 fully saturated rings. The SMILES string of the molecule is c1ccc(CCCN2CCOCCOc3ccc(-c4cncnc4)cc3Cc3cccc(c3)C2)cc1. The summed E-state index contributed by atoms with van der Waals surface area (Å²) >= 11 is 0. The van der Waals surface area contributed by atoms with Gasteiger partial charge in [0.25, 0.3) is 0 Å². The van der Waals surface area contributed by atoms with Crippen molar-refractivity contribution in [2.45, 2.75) is 25.8 Å². The Balaban J connectivity index is 1.34. The fourth-order valence-electron chi connectivity index (χ4n) is 4.73. The first kappa shape index (κ1) is 24.2. The van der Waals surface area contributed by atoms with Crippen molar-refractivity contribution < 1.29 is 9.47 Å². The van der Waals surface area contributed by atoms with E-state index in [0.717, 1.165) is 61.3 Å². The zero-order chi connectivity index (χ0) is 24.4. The van der Waals surface area contributed by atoms with Crippen LogP contribution in [0.5, 0.6) is 5.75 Å². The number of rotatable bonds is 5. The molecule has 1 aromatic heterocycles. The lowest BCUT2D eigenvalue weighted by Gasteiger charge is -2.23. The lowest BCUT2D eigenvalue weighted by Crippen LogP contribution is -2.29. The van der Waals surface area contributed by atoms with Crippen LogP contribution in [0.4, 0.5) is 0 Å². The molecule has 5 nitrogen and oxygen atoms in total. The molecule has 0 N–H and O–H groups in total. The molecule has 36 heavy (non-hydrogen) atoms. The van der Waals surface area contributed by atoms with Gasteiger partial charge in [0.05, 0.1) is 13.2 Å². The van der Waals surface area contributed by atoms with Gasteiger partial charge in [-0.3, -0.25) is 4.90 Å². The molecule has 0 atom stereocenters. The standard InChI is InChI=1S/C31H33N3O2/c1-2-6-25(7-3-1)10-5-13-34-14-15-35-16-17-36-31-12-11-28(30-21-32-24-33-22-30)20-29(31)19-26-8-4-9-27(18-26)23-34/h1-4,6-9,11-12,18,20-22,24H,5,10,13-17,19,23H2. The van der Waals surface area contributed by atoms with E-state index in [4.69, 9.17) is 9.47 Å². The highest BCUT2D eigenvalue weighted by atomic mass is 16.5. The van der Waals surface area contributed by atoms with Gasteiger partial charge < -0.3 is 9.47 Å². The Morgan fingerprint density at radius 1 is 0.778 bits per heavy atom. The Hall–Kier alpha value is -3.54. The lowest BCUT2D eigenvalue weighted by molar-refractivity contribution is 0.0773. The van der Waals surface area contributed by atoms with Crippen molar-refractivity contribution in [2.24, 2.45) is 0 Å². The predicted octanol–water partition coefficient (Wildman–Crippen LogP) is 5.58. The minimum Gasteiger partial charge on any atom is -0.491 e. The van der Waals surface area contributed by atoms with E-state index in [9.17, 15) is 0 Å². The summed E-state index contributed by atoms with van der Waals surface area (Å²) < 4.78 is 12.1. The molecule has 0 amide bonds. The van der Waals surface area contributed by atoms with Crippen LogP contribution in [-0.4, -0.2) is 47.8 Å². The molecule has 1 aliphatic heterocycles. The largest absolute Gasteiger partial charge is 0.491 e. The van der Waals surface area contributed by atoms with Crippen LogP contribution in [0.25, 0.3) is 11.1 Å². The van der Waals surface area contributed by atoms with Crippen molar-refractivity contribution in [1.29, 1.82) is 0 Å². The summed E-state index contributed by atoms with van der Waals surface area (Å²) in [5.41, 5.74) is 7.27. The molecular weight excluding hydrogens is 446 g/mol. The molecule has 0 spiro atoms. The molecule has 1 aliphatic rings. The highest BCUT2D eigenvalue weighted by molar-refractivity contribution is 5.64. The average molecular weight is 480 g/mol. The second kappa shape index (κ2) is 12.4. The zero-order valence-electron chi connectivity index (χ0n) is 20.7. The average Bonchev–Trinajstić information content (AvgIpc) is 2.92. The van der Waals surface area contributed by atoms with Crippen molar-refractivity contribution in [3.63, 3.8) is 0 Å². The molecule has 0 saturated carbocycles. The first-order chi connectivity index (χ1) is 17.8. The second-order valence-electron chi connectivity index (χ2n) is 9.27. The molecule has 5 rings (SSSR count). The topological polar surface area (TPSA) is 47.5 Å². The van der Waals surface area contributed by atoms with Crippen LogP contribution in [0.2, 0.25) is 0 Å². The Kier molecular flexibility index (Phi) is 8.34. The minimum atomic E-state index is 0.537. The maximum Gasteiger partial charge on any atom is 0.122 e. The van der Waals surface area contributed by atoms with Gasteiger partial charge >= 0.3 is 0 Å². The summed E-state index contributed by atoms with van der Waals surface area (Å²) in [4.78, 5) is 10.9. The van der Waals surface area contributed by atoms with Gasteiger partial charge in [-0.1, -0.05) is 60.7 Å². The van der Waals surface area contributed by atoms with Crippen molar-refractivity contribution >= 4 is 0 Å². The van der Waals surface area contributed by atoms with E-state index in [1.54, 1.807) is 6.33 Å². The van der Waals surface area contributed by atoms with Crippen molar-refractivity contribution in [2.75, 3.05) is 32.9 Å². The van der Waals surface area contributed by atoms with Gasteiger partial charge in [0.15, 0.2) is 0 Å². The van der Waals surface area contributed by atoms with E-state index in [2.05, 4.69) is 87.7 Å². The normalized spacial score (nSPS) is 14.9. The maximum atomic E-state index is 6.17. The van der Waals surface area contributed by atoms with Gasteiger partial charge in [0.2, 0.25) is 0 Å². The van der Waals surface area contributed by atoms with E-state index in [-0.39, 0.29) is 0 Å². The van der Waals surface area contributed by atoms with Gasteiger partial charge in [-0.2, -0.15) is 0 Å². The fraction of sp³-hybridized carbons (Fsp3) is 0.290. The van der Waals surface area contributed by atoms with Crippen molar-refractivity contribution in [3.05, 3.63) is 114 Å². The Morgan fingerprint density at radius 2 is 1.64 bits per heavy atom. The summed E-state index contributed by atoms with van der Waals surface area (Å²) in [6.45, 7) is 4.71. The van der Waals surface area contributed by atoms with Crippen LogP contribution < -0.4 is 4.74 Å². The monoisotopic (exact) mass is 479 g/mol. The molecular formula is C31H33N3O2. The number of hydrogen-bond donors (Lipinski definition) is 0. The van der Waals surface area contributed by atoms with Crippen molar-refractivity contribution in [3.8, 4) is 16.9 Å². The highest BCUT2D eigenvalue weighted by Crippen LogP contribution is 2.28. The van der Waals surface area contributed by atoms with Crippen molar-refractivity contribution in [1.82, 2.24) is 14.9 Å². The summed E-state index contributed by atoms with van der Waals surface area (Å²) in [5, 5.41) is 0. The second-order valence-corrected chi connectivity index (χ2v) is 9.27. The molecule has 3 aromatic carbocycles. The van der Waals surface area contributed by atoms with Gasteiger partial charge in [-0.25, -0.2) is 9.97 Å². The van der Waals surface area contributed by atoms with Gasteiger partial charge in [-0.15, -0.1) is 0 Å². The minimum absolute atomic E-state index is 0.537. The van der Waals surface area contributed by atoms with Crippen LogP contribution in [-0.2, 0) is 24.1 Å². The van der Waals surface area contributed by atoms with E-state index in [1.807, 2.05) is 12.4 Å². The zero-order valence-corrected chi connectivity index (χ0v) is 20.7. The smallest absolute Gasteiger partial charge is 0.122 e. The number of fused-ring (bicyclic) bond motifs is 3. The molecule has 0 radical (unpaired) electrons. The first-order valence-corrected chi connectivity index (χ1v) is 12.8. The third-order valence-electron chi connectivity index (χ3n) is 6.57. The summed E-state index contributed by atoms with van der Waals surface area (Å²) in [7, 11) is 0. The number of aryl methyl sites for hydroxylation is 1. The molecule has 0 unspecified atom stereocenters. The van der Waals surface area contributed by atoms with E-state index in [1.165, 1.54) is 16.7 Å². The molecule has 184 valence electrons. The number of ether oxygens (including phenoxy) is 2. The van der Waals surface area contributed by atoms with Gasteiger partial charge in [-0.05, 0) is 59.3 Å². The van der Waals surface area contributed by atoms with Crippen LogP contribution in [0.1, 0.15) is 28.7 Å². The van der Waals surface area contributed by atoms with Crippen LogP contribution in [0, 0.1) is 0 Å². The number of benzene rings is 3. The molecule has 0 aliphatic carbocycles.